The van der Waals surface area contributed by atoms with Crippen molar-refractivity contribution in [2.75, 3.05) is 7.11 Å². The van der Waals surface area contributed by atoms with Crippen LogP contribution in [0.4, 0.5) is 0 Å². The van der Waals surface area contributed by atoms with Gasteiger partial charge in [0.25, 0.3) is 0 Å². The maximum absolute atomic E-state index is 5.61. The quantitative estimate of drug-likeness (QED) is 0.852. The summed E-state index contributed by atoms with van der Waals surface area (Å²) in [6, 6.07) is 0. The molecule has 1 fully saturated rings. The molecule has 102 valence electrons. The van der Waals surface area contributed by atoms with E-state index in [2.05, 4.69) is 41.6 Å². The molecule has 18 heavy (non-hydrogen) atoms. The van der Waals surface area contributed by atoms with Gasteiger partial charge in [0.2, 0.25) is 0 Å². The molecule has 1 aromatic rings. The van der Waals surface area contributed by atoms with Gasteiger partial charge in [0, 0.05) is 12.6 Å². The van der Waals surface area contributed by atoms with Crippen LogP contribution in [0.25, 0.3) is 0 Å². The van der Waals surface area contributed by atoms with Crippen molar-refractivity contribution in [3.05, 3.63) is 5.82 Å². The lowest BCUT2D eigenvalue weighted by Gasteiger charge is -2.40. The van der Waals surface area contributed by atoms with Gasteiger partial charge in [-0.05, 0) is 50.5 Å². The summed E-state index contributed by atoms with van der Waals surface area (Å²) in [5.41, 5.74) is 0.0120. The molecule has 1 aromatic heterocycles. The molecule has 1 aliphatic rings. The number of nitrogens with one attached hydrogen (secondary N) is 1. The van der Waals surface area contributed by atoms with Gasteiger partial charge < -0.3 is 10.1 Å². The highest BCUT2D eigenvalue weighted by molar-refractivity contribution is 4.92. The number of aromatic nitrogens is 4. The molecule has 6 heteroatoms. The summed E-state index contributed by atoms with van der Waals surface area (Å²) in [6.07, 6.45) is 3.41. The van der Waals surface area contributed by atoms with Gasteiger partial charge in [-0.2, -0.15) is 0 Å². The van der Waals surface area contributed by atoms with E-state index < -0.39 is 0 Å². The molecule has 0 bridgehead atoms. The molecule has 1 heterocycles. The first-order valence-electron chi connectivity index (χ1n) is 6.49. The Morgan fingerprint density at radius 1 is 1.39 bits per heavy atom. The Bertz CT molecular complexity index is 386. The van der Waals surface area contributed by atoms with Crippen molar-refractivity contribution in [1.29, 1.82) is 0 Å². The number of ether oxygens (including phenoxy) is 1. The van der Waals surface area contributed by atoms with Crippen LogP contribution in [-0.4, -0.2) is 38.5 Å². The molecular formula is C12H23N5O. The van der Waals surface area contributed by atoms with Crippen LogP contribution in [0.5, 0.6) is 0 Å². The van der Waals surface area contributed by atoms with Crippen LogP contribution in [0.15, 0.2) is 0 Å². The van der Waals surface area contributed by atoms with E-state index in [0.29, 0.717) is 6.54 Å². The van der Waals surface area contributed by atoms with E-state index in [1.807, 2.05) is 4.68 Å². The Kier molecular flexibility index (Phi) is 3.68. The van der Waals surface area contributed by atoms with Crippen molar-refractivity contribution in [2.24, 2.45) is 0 Å². The third-order valence-corrected chi connectivity index (χ3v) is 3.52. The minimum Gasteiger partial charge on any atom is -0.376 e. The zero-order valence-corrected chi connectivity index (χ0v) is 11.7. The van der Waals surface area contributed by atoms with Crippen LogP contribution in [0.3, 0.4) is 0 Å². The molecule has 0 aliphatic heterocycles. The second-order valence-corrected chi connectivity index (χ2v) is 6.10. The fraction of sp³-hybridized carbons (Fsp3) is 0.917. The van der Waals surface area contributed by atoms with Crippen LogP contribution < -0.4 is 5.32 Å². The molecule has 6 nitrogen and oxygen atoms in total. The zero-order chi connectivity index (χ0) is 13.2. The highest BCUT2D eigenvalue weighted by atomic mass is 16.5. The van der Waals surface area contributed by atoms with Crippen LogP contribution in [0.1, 0.15) is 45.9 Å². The normalized spacial score (nSPS) is 18.7. The van der Waals surface area contributed by atoms with Crippen molar-refractivity contribution >= 4 is 0 Å². The van der Waals surface area contributed by atoms with Crippen LogP contribution in [0, 0.1) is 0 Å². The van der Waals surface area contributed by atoms with Gasteiger partial charge in [0.05, 0.1) is 18.7 Å². The van der Waals surface area contributed by atoms with Gasteiger partial charge in [-0.25, -0.2) is 4.68 Å². The molecule has 1 N–H and O–H groups in total. The van der Waals surface area contributed by atoms with Crippen molar-refractivity contribution in [1.82, 2.24) is 25.5 Å². The van der Waals surface area contributed by atoms with E-state index in [9.17, 15) is 0 Å². The van der Waals surface area contributed by atoms with E-state index in [1.165, 1.54) is 6.42 Å². The summed E-state index contributed by atoms with van der Waals surface area (Å²) in [6.45, 7) is 7.81. The molecule has 0 saturated heterocycles. The minimum absolute atomic E-state index is 0.0497. The summed E-state index contributed by atoms with van der Waals surface area (Å²) >= 11 is 0. The van der Waals surface area contributed by atoms with Crippen molar-refractivity contribution < 1.29 is 4.74 Å². The number of rotatable bonds is 5. The molecule has 0 unspecified atom stereocenters. The van der Waals surface area contributed by atoms with Gasteiger partial charge in [-0.1, -0.05) is 0 Å². The second kappa shape index (κ2) is 4.93. The molecular weight excluding hydrogens is 230 g/mol. The maximum Gasteiger partial charge on any atom is 0.165 e. The largest absolute Gasteiger partial charge is 0.376 e. The minimum atomic E-state index is -0.0497. The van der Waals surface area contributed by atoms with Gasteiger partial charge in [0.15, 0.2) is 5.82 Å². The zero-order valence-electron chi connectivity index (χ0n) is 11.7. The SMILES string of the molecule is COC1(Cn2nnnc2CNC(C)(C)C)CCC1. The Morgan fingerprint density at radius 2 is 2.11 bits per heavy atom. The molecule has 0 atom stereocenters. The molecule has 1 aliphatic carbocycles. The monoisotopic (exact) mass is 253 g/mol. The maximum atomic E-state index is 5.61. The summed E-state index contributed by atoms with van der Waals surface area (Å²) in [5.74, 6) is 0.869. The summed E-state index contributed by atoms with van der Waals surface area (Å²) in [4.78, 5) is 0. The van der Waals surface area contributed by atoms with E-state index in [-0.39, 0.29) is 11.1 Å². The fourth-order valence-corrected chi connectivity index (χ4v) is 2.09. The molecule has 0 aromatic carbocycles. The fourth-order valence-electron chi connectivity index (χ4n) is 2.09. The lowest BCUT2D eigenvalue weighted by molar-refractivity contribution is -0.0863. The summed E-state index contributed by atoms with van der Waals surface area (Å²) < 4.78 is 7.47. The Hall–Kier alpha value is -1.01. The highest BCUT2D eigenvalue weighted by Crippen LogP contribution is 2.36. The number of hydrogen-bond acceptors (Lipinski definition) is 5. The van der Waals surface area contributed by atoms with E-state index in [1.54, 1.807) is 7.11 Å². The predicted molar refractivity (Wildman–Crippen MR) is 68.0 cm³/mol. The van der Waals surface area contributed by atoms with Crippen LogP contribution in [-0.2, 0) is 17.8 Å². The van der Waals surface area contributed by atoms with E-state index in [4.69, 9.17) is 4.74 Å². The highest BCUT2D eigenvalue weighted by Gasteiger charge is 2.38. The molecule has 0 radical (unpaired) electrons. The average Bonchev–Trinajstić information content (AvgIpc) is 2.67. The Morgan fingerprint density at radius 3 is 2.61 bits per heavy atom. The number of tetrazole rings is 1. The Labute approximate surface area is 108 Å². The topological polar surface area (TPSA) is 64.9 Å². The average molecular weight is 253 g/mol. The van der Waals surface area contributed by atoms with Crippen LogP contribution in [0.2, 0.25) is 0 Å². The van der Waals surface area contributed by atoms with E-state index in [0.717, 1.165) is 25.2 Å². The smallest absolute Gasteiger partial charge is 0.165 e. The molecule has 0 amide bonds. The number of nitrogens with zero attached hydrogens (tertiary/aromatic N) is 4. The van der Waals surface area contributed by atoms with Gasteiger partial charge in [-0.15, -0.1) is 5.10 Å². The first-order valence-corrected chi connectivity index (χ1v) is 6.49. The first-order chi connectivity index (χ1) is 8.44. The number of methoxy groups -OCH3 is 1. The van der Waals surface area contributed by atoms with E-state index >= 15 is 0 Å². The van der Waals surface area contributed by atoms with Gasteiger partial charge in [0.1, 0.15) is 0 Å². The summed E-state index contributed by atoms with van der Waals surface area (Å²) in [5, 5.41) is 15.3. The standard InChI is InChI=1S/C12H23N5O/c1-11(2,3)13-8-10-14-15-16-17(10)9-12(18-4)6-5-7-12/h13H,5-9H2,1-4H3. The predicted octanol–water partition coefficient (Wildman–Crippen LogP) is 1.13. The molecule has 2 rings (SSSR count). The first kappa shape index (κ1) is 13.4. The van der Waals surface area contributed by atoms with Gasteiger partial charge in [-0.3, -0.25) is 0 Å². The number of hydrogen-bond donors (Lipinski definition) is 1. The summed E-state index contributed by atoms with van der Waals surface area (Å²) in [7, 11) is 1.77. The van der Waals surface area contributed by atoms with Crippen molar-refractivity contribution in [2.45, 2.75) is 64.3 Å². The lowest BCUT2D eigenvalue weighted by atomic mass is 9.80. The van der Waals surface area contributed by atoms with Crippen molar-refractivity contribution in [3.8, 4) is 0 Å². The molecule has 1 saturated carbocycles. The third-order valence-electron chi connectivity index (χ3n) is 3.52. The Balaban J connectivity index is 1.99. The third kappa shape index (κ3) is 3.05. The van der Waals surface area contributed by atoms with Crippen LogP contribution >= 0.6 is 0 Å². The second-order valence-electron chi connectivity index (χ2n) is 6.10. The van der Waals surface area contributed by atoms with Crippen molar-refractivity contribution in [3.63, 3.8) is 0 Å². The lowest BCUT2D eigenvalue weighted by Crippen LogP contribution is -2.44. The molecule has 0 spiro atoms. The van der Waals surface area contributed by atoms with Gasteiger partial charge >= 0.3 is 0 Å².